The number of hydrogen-bond donors (Lipinski definition) is 0. The van der Waals surface area contributed by atoms with E-state index in [1.54, 1.807) is 0 Å². The molecule has 0 unspecified atom stereocenters. The molecular formula is C36H22BrNS. The number of fused-ring (bicyclic) bond motifs is 6. The third kappa shape index (κ3) is 3.65. The second-order valence-corrected chi connectivity index (χ2v) is 11.9. The van der Waals surface area contributed by atoms with Gasteiger partial charge in [0.1, 0.15) is 0 Å². The predicted octanol–water partition coefficient (Wildman–Crippen LogP) is 11.2. The van der Waals surface area contributed by atoms with Crippen molar-refractivity contribution < 1.29 is 0 Å². The minimum atomic E-state index is 1.10. The minimum absolute atomic E-state index is 1.10. The van der Waals surface area contributed by atoms with E-state index in [9.17, 15) is 0 Å². The summed E-state index contributed by atoms with van der Waals surface area (Å²) in [6.45, 7) is 0. The summed E-state index contributed by atoms with van der Waals surface area (Å²) in [6.07, 6.45) is 0. The Bertz CT molecular complexity index is 2190. The lowest BCUT2D eigenvalue weighted by Crippen LogP contribution is -1.94. The van der Waals surface area contributed by atoms with Crippen LogP contribution in [0.5, 0.6) is 0 Å². The van der Waals surface area contributed by atoms with Gasteiger partial charge in [0.15, 0.2) is 0 Å². The molecule has 3 heteroatoms. The SMILES string of the molecule is Brc1ccccc1-c1ccc2c3ccc(-c4ccc5sc6ccccc6c5c4)cc3n(-c3ccccc3)c2c1. The number of benzene rings is 6. The molecule has 0 aliphatic rings. The fourth-order valence-electron chi connectivity index (χ4n) is 5.82. The zero-order valence-electron chi connectivity index (χ0n) is 20.9. The van der Waals surface area contributed by atoms with Gasteiger partial charge in [-0.1, -0.05) is 101 Å². The van der Waals surface area contributed by atoms with E-state index >= 15 is 0 Å². The van der Waals surface area contributed by atoms with Gasteiger partial charge in [-0.15, -0.1) is 11.3 Å². The summed E-state index contributed by atoms with van der Waals surface area (Å²) in [5.74, 6) is 0. The zero-order chi connectivity index (χ0) is 25.9. The van der Waals surface area contributed by atoms with Crippen molar-refractivity contribution in [3.8, 4) is 27.9 Å². The van der Waals surface area contributed by atoms with Gasteiger partial charge in [0.2, 0.25) is 0 Å². The number of hydrogen-bond acceptors (Lipinski definition) is 1. The highest BCUT2D eigenvalue weighted by molar-refractivity contribution is 9.10. The number of nitrogens with zero attached hydrogens (tertiary/aromatic N) is 1. The first-order valence-electron chi connectivity index (χ1n) is 13.0. The van der Waals surface area contributed by atoms with Crippen molar-refractivity contribution >= 4 is 69.2 Å². The van der Waals surface area contributed by atoms with E-state index in [0.717, 1.165) is 4.47 Å². The minimum Gasteiger partial charge on any atom is -0.309 e. The van der Waals surface area contributed by atoms with E-state index in [1.807, 2.05) is 11.3 Å². The molecule has 0 aliphatic heterocycles. The lowest BCUT2D eigenvalue weighted by molar-refractivity contribution is 1.18. The zero-order valence-corrected chi connectivity index (χ0v) is 23.3. The summed E-state index contributed by atoms with van der Waals surface area (Å²) in [5.41, 5.74) is 8.45. The van der Waals surface area contributed by atoms with Gasteiger partial charge in [0, 0.05) is 41.1 Å². The molecule has 8 rings (SSSR count). The molecule has 1 nitrogen and oxygen atoms in total. The second kappa shape index (κ2) is 8.94. The van der Waals surface area contributed by atoms with E-state index in [2.05, 4.69) is 154 Å². The molecule has 0 atom stereocenters. The number of para-hydroxylation sites is 1. The van der Waals surface area contributed by atoms with E-state index < -0.39 is 0 Å². The Morgan fingerprint density at radius 1 is 0.462 bits per heavy atom. The molecular weight excluding hydrogens is 558 g/mol. The van der Waals surface area contributed by atoms with Gasteiger partial charge in [0.05, 0.1) is 11.0 Å². The van der Waals surface area contributed by atoms with Gasteiger partial charge in [-0.3, -0.25) is 0 Å². The van der Waals surface area contributed by atoms with Crippen LogP contribution in [-0.4, -0.2) is 4.57 Å². The van der Waals surface area contributed by atoms with Crippen LogP contribution in [0.4, 0.5) is 0 Å². The van der Waals surface area contributed by atoms with Crippen LogP contribution in [-0.2, 0) is 0 Å². The maximum atomic E-state index is 3.75. The number of thiophene rings is 1. The molecule has 184 valence electrons. The quantitative estimate of drug-likeness (QED) is 0.196. The standard InChI is InChI=1S/C36H22BrNS/c37-32-12-6-4-10-27(32)25-15-18-29-28-17-14-24(21-33(28)38(34(29)22-25)26-8-2-1-3-9-26)23-16-19-36-31(20-23)30-11-5-7-13-35(30)39-36/h1-22H. The maximum absolute atomic E-state index is 3.75. The molecule has 0 saturated heterocycles. The fraction of sp³-hybridized carbons (Fsp3) is 0. The summed E-state index contributed by atoms with van der Waals surface area (Å²) < 4.78 is 6.18. The van der Waals surface area contributed by atoms with Gasteiger partial charge in [-0.25, -0.2) is 0 Å². The van der Waals surface area contributed by atoms with Crippen LogP contribution in [0.25, 0.3) is 69.9 Å². The molecule has 6 aromatic carbocycles. The van der Waals surface area contributed by atoms with Crippen LogP contribution in [0.2, 0.25) is 0 Å². The van der Waals surface area contributed by atoms with Gasteiger partial charge >= 0.3 is 0 Å². The highest BCUT2D eigenvalue weighted by Crippen LogP contribution is 2.40. The van der Waals surface area contributed by atoms with E-state index in [4.69, 9.17) is 0 Å². The molecule has 2 heterocycles. The van der Waals surface area contributed by atoms with Crippen molar-refractivity contribution in [3.05, 3.63) is 138 Å². The van der Waals surface area contributed by atoms with Crippen LogP contribution in [0, 0.1) is 0 Å². The Hall–Kier alpha value is -4.18. The first kappa shape index (κ1) is 22.8. The highest BCUT2D eigenvalue weighted by atomic mass is 79.9. The molecule has 0 N–H and O–H groups in total. The average molecular weight is 581 g/mol. The first-order chi connectivity index (χ1) is 19.2. The van der Waals surface area contributed by atoms with Crippen molar-refractivity contribution in [2.75, 3.05) is 0 Å². The van der Waals surface area contributed by atoms with Crippen LogP contribution >= 0.6 is 27.3 Å². The van der Waals surface area contributed by atoms with Crippen molar-refractivity contribution in [2.45, 2.75) is 0 Å². The van der Waals surface area contributed by atoms with Crippen LogP contribution < -0.4 is 0 Å². The van der Waals surface area contributed by atoms with Gasteiger partial charge in [-0.05, 0) is 70.8 Å². The summed E-state index contributed by atoms with van der Waals surface area (Å²) in [4.78, 5) is 0. The average Bonchev–Trinajstić information content (AvgIpc) is 3.52. The Balaban J connectivity index is 1.39. The van der Waals surface area contributed by atoms with Crippen molar-refractivity contribution in [1.29, 1.82) is 0 Å². The molecule has 2 aromatic heterocycles. The lowest BCUT2D eigenvalue weighted by Gasteiger charge is -2.10. The molecule has 0 fully saturated rings. The van der Waals surface area contributed by atoms with E-state index in [-0.39, 0.29) is 0 Å². The normalized spacial score (nSPS) is 11.7. The molecule has 0 bridgehead atoms. The predicted molar refractivity (Wildman–Crippen MR) is 172 cm³/mol. The lowest BCUT2D eigenvalue weighted by atomic mass is 10.0. The number of rotatable bonds is 3. The molecule has 39 heavy (non-hydrogen) atoms. The van der Waals surface area contributed by atoms with E-state index in [1.165, 1.54) is 69.9 Å². The topological polar surface area (TPSA) is 4.93 Å². The molecule has 0 spiro atoms. The Morgan fingerprint density at radius 2 is 1.08 bits per heavy atom. The van der Waals surface area contributed by atoms with Gasteiger partial charge < -0.3 is 4.57 Å². The van der Waals surface area contributed by atoms with E-state index in [0.29, 0.717) is 0 Å². The summed E-state index contributed by atoms with van der Waals surface area (Å²) in [6, 6.07) is 48.5. The summed E-state index contributed by atoms with van der Waals surface area (Å²) in [7, 11) is 0. The van der Waals surface area contributed by atoms with Crippen molar-refractivity contribution in [3.63, 3.8) is 0 Å². The fourth-order valence-corrected chi connectivity index (χ4v) is 7.42. The van der Waals surface area contributed by atoms with Crippen molar-refractivity contribution in [2.24, 2.45) is 0 Å². The van der Waals surface area contributed by atoms with Crippen molar-refractivity contribution in [1.82, 2.24) is 4.57 Å². The maximum Gasteiger partial charge on any atom is 0.0547 e. The second-order valence-electron chi connectivity index (χ2n) is 9.92. The third-order valence-corrected chi connectivity index (χ3v) is 9.52. The number of aromatic nitrogens is 1. The van der Waals surface area contributed by atoms with Crippen LogP contribution in [0.1, 0.15) is 0 Å². The Labute approximate surface area is 238 Å². The summed E-state index contributed by atoms with van der Waals surface area (Å²) in [5, 5.41) is 5.18. The first-order valence-corrected chi connectivity index (χ1v) is 14.7. The molecule has 0 aliphatic carbocycles. The third-order valence-electron chi connectivity index (χ3n) is 7.68. The Kier molecular flexibility index (Phi) is 5.22. The molecule has 8 aromatic rings. The van der Waals surface area contributed by atoms with Crippen LogP contribution in [0.3, 0.4) is 0 Å². The summed E-state index contributed by atoms with van der Waals surface area (Å²) >= 11 is 5.62. The number of halogens is 1. The van der Waals surface area contributed by atoms with Gasteiger partial charge in [-0.2, -0.15) is 0 Å². The molecule has 0 radical (unpaired) electrons. The molecule has 0 saturated carbocycles. The van der Waals surface area contributed by atoms with Crippen LogP contribution in [0.15, 0.2) is 138 Å². The Morgan fingerprint density at radius 3 is 1.90 bits per heavy atom. The highest BCUT2D eigenvalue weighted by Gasteiger charge is 2.15. The smallest absolute Gasteiger partial charge is 0.0547 e. The van der Waals surface area contributed by atoms with Gasteiger partial charge in [0.25, 0.3) is 0 Å². The monoisotopic (exact) mass is 579 g/mol. The molecule has 0 amide bonds. The largest absolute Gasteiger partial charge is 0.309 e.